The first-order valence-electron chi connectivity index (χ1n) is 5.64. The molecule has 0 aliphatic heterocycles. The van der Waals surface area contributed by atoms with E-state index in [0.717, 1.165) is 0 Å². The SMILES string of the molecule is CCN(CC(C)(C)O)C(=O)c1cccc(O)c1. The lowest BCUT2D eigenvalue weighted by Gasteiger charge is -2.28. The van der Waals surface area contributed by atoms with Crippen LogP contribution in [-0.4, -0.2) is 39.7 Å². The van der Waals surface area contributed by atoms with Gasteiger partial charge in [0, 0.05) is 18.7 Å². The van der Waals surface area contributed by atoms with E-state index in [-0.39, 0.29) is 18.2 Å². The van der Waals surface area contributed by atoms with E-state index < -0.39 is 5.60 Å². The van der Waals surface area contributed by atoms with Crippen LogP contribution in [0.2, 0.25) is 0 Å². The van der Waals surface area contributed by atoms with Crippen LogP contribution in [0.5, 0.6) is 5.75 Å². The van der Waals surface area contributed by atoms with Gasteiger partial charge >= 0.3 is 0 Å². The molecule has 0 unspecified atom stereocenters. The molecule has 94 valence electrons. The Labute approximate surface area is 101 Å². The number of aromatic hydroxyl groups is 1. The summed E-state index contributed by atoms with van der Waals surface area (Å²) in [5.41, 5.74) is -0.501. The highest BCUT2D eigenvalue weighted by molar-refractivity contribution is 5.94. The number of phenolic OH excluding ortho intramolecular Hbond substituents is 1. The van der Waals surface area contributed by atoms with E-state index in [1.165, 1.54) is 12.1 Å². The van der Waals surface area contributed by atoms with Crippen molar-refractivity contribution >= 4 is 5.91 Å². The zero-order chi connectivity index (χ0) is 13.1. The van der Waals surface area contributed by atoms with Gasteiger partial charge in [0.2, 0.25) is 0 Å². The predicted molar refractivity (Wildman–Crippen MR) is 66.0 cm³/mol. The van der Waals surface area contributed by atoms with E-state index in [2.05, 4.69) is 0 Å². The Balaban J connectivity index is 2.87. The number of amides is 1. The number of nitrogens with zero attached hydrogens (tertiary/aromatic N) is 1. The van der Waals surface area contributed by atoms with Crippen LogP contribution in [0.4, 0.5) is 0 Å². The lowest BCUT2D eigenvalue weighted by molar-refractivity contribution is 0.0314. The van der Waals surface area contributed by atoms with Gasteiger partial charge in [-0.1, -0.05) is 6.07 Å². The first-order chi connectivity index (χ1) is 7.83. The average molecular weight is 237 g/mol. The first-order valence-corrected chi connectivity index (χ1v) is 5.64. The van der Waals surface area contributed by atoms with Gasteiger partial charge in [0.15, 0.2) is 0 Å². The third-order valence-corrected chi connectivity index (χ3v) is 2.34. The van der Waals surface area contributed by atoms with Gasteiger partial charge in [-0.3, -0.25) is 4.79 Å². The lowest BCUT2D eigenvalue weighted by atomic mass is 10.1. The minimum Gasteiger partial charge on any atom is -0.508 e. The van der Waals surface area contributed by atoms with Crippen LogP contribution in [-0.2, 0) is 0 Å². The average Bonchev–Trinajstić information content (AvgIpc) is 2.23. The minimum atomic E-state index is -0.928. The van der Waals surface area contributed by atoms with E-state index in [9.17, 15) is 15.0 Å². The van der Waals surface area contributed by atoms with E-state index in [4.69, 9.17) is 0 Å². The van der Waals surface area contributed by atoms with Crippen LogP contribution in [0, 0.1) is 0 Å². The highest BCUT2D eigenvalue weighted by Crippen LogP contribution is 2.14. The van der Waals surface area contributed by atoms with E-state index in [1.807, 2.05) is 6.92 Å². The summed E-state index contributed by atoms with van der Waals surface area (Å²) in [6.45, 7) is 5.94. The van der Waals surface area contributed by atoms with Gasteiger partial charge < -0.3 is 15.1 Å². The van der Waals surface area contributed by atoms with Crippen LogP contribution in [0.1, 0.15) is 31.1 Å². The van der Waals surface area contributed by atoms with E-state index in [1.54, 1.807) is 30.9 Å². The van der Waals surface area contributed by atoms with Crippen LogP contribution in [0.25, 0.3) is 0 Å². The maximum atomic E-state index is 12.1. The van der Waals surface area contributed by atoms with Gasteiger partial charge in [0.25, 0.3) is 5.91 Å². The van der Waals surface area contributed by atoms with E-state index >= 15 is 0 Å². The molecule has 1 aromatic rings. The molecule has 0 radical (unpaired) electrons. The first kappa shape index (κ1) is 13.5. The van der Waals surface area contributed by atoms with Crippen LogP contribution in [0.15, 0.2) is 24.3 Å². The van der Waals surface area contributed by atoms with Crippen LogP contribution < -0.4 is 0 Å². The summed E-state index contributed by atoms with van der Waals surface area (Å²) in [4.78, 5) is 13.7. The van der Waals surface area contributed by atoms with Crippen LogP contribution >= 0.6 is 0 Å². The van der Waals surface area contributed by atoms with Crippen molar-refractivity contribution in [2.45, 2.75) is 26.4 Å². The molecule has 0 aromatic heterocycles. The lowest BCUT2D eigenvalue weighted by Crippen LogP contribution is -2.42. The van der Waals surface area contributed by atoms with Crippen molar-refractivity contribution in [3.05, 3.63) is 29.8 Å². The molecular weight excluding hydrogens is 218 g/mol. The fraction of sp³-hybridized carbons (Fsp3) is 0.462. The van der Waals surface area contributed by atoms with Crippen molar-refractivity contribution in [2.24, 2.45) is 0 Å². The number of likely N-dealkylation sites (N-methyl/N-ethyl adjacent to an activating group) is 1. The molecule has 0 bridgehead atoms. The van der Waals surface area contributed by atoms with Gasteiger partial charge in [-0.15, -0.1) is 0 Å². The number of benzene rings is 1. The Hall–Kier alpha value is -1.55. The molecule has 1 aromatic carbocycles. The molecule has 2 N–H and O–H groups in total. The number of phenols is 1. The zero-order valence-corrected chi connectivity index (χ0v) is 10.5. The summed E-state index contributed by atoms with van der Waals surface area (Å²) in [6, 6.07) is 6.22. The van der Waals surface area contributed by atoms with Crippen molar-refractivity contribution in [1.82, 2.24) is 4.90 Å². The fourth-order valence-corrected chi connectivity index (χ4v) is 1.62. The van der Waals surface area contributed by atoms with Crippen molar-refractivity contribution in [3.8, 4) is 5.75 Å². The zero-order valence-electron chi connectivity index (χ0n) is 10.5. The van der Waals surface area contributed by atoms with Crippen molar-refractivity contribution in [1.29, 1.82) is 0 Å². The van der Waals surface area contributed by atoms with Gasteiger partial charge in [-0.05, 0) is 39.0 Å². The predicted octanol–water partition coefficient (Wildman–Crippen LogP) is 1.63. The summed E-state index contributed by atoms with van der Waals surface area (Å²) in [5.74, 6) is -0.124. The largest absolute Gasteiger partial charge is 0.508 e. The van der Waals surface area contributed by atoms with Gasteiger partial charge in [0.1, 0.15) is 5.75 Å². The summed E-state index contributed by atoms with van der Waals surface area (Å²) >= 11 is 0. The second kappa shape index (κ2) is 5.19. The molecular formula is C13H19NO3. The molecule has 0 heterocycles. The molecule has 1 amide bonds. The molecule has 0 atom stereocenters. The van der Waals surface area contributed by atoms with Gasteiger partial charge in [-0.25, -0.2) is 0 Å². The van der Waals surface area contributed by atoms with Crippen molar-refractivity contribution in [2.75, 3.05) is 13.1 Å². The molecule has 4 heteroatoms. The Kier molecular flexibility index (Phi) is 4.12. The quantitative estimate of drug-likeness (QED) is 0.836. The Bertz CT molecular complexity index is 396. The van der Waals surface area contributed by atoms with Gasteiger partial charge in [0.05, 0.1) is 5.60 Å². The molecule has 0 fully saturated rings. The maximum Gasteiger partial charge on any atom is 0.254 e. The van der Waals surface area contributed by atoms with E-state index in [0.29, 0.717) is 12.1 Å². The van der Waals surface area contributed by atoms with Crippen LogP contribution in [0.3, 0.4) is 0 Å². The number of hydrogen-bond donors (Lipinski definition) is 2. The number of carbonyl (C=O) groups excluding carboxylic acids is 1. The second-order valence-corrected chi connectivity index (χ2v) is 4.68. The Morgan fingerprint density at radius 3 is 2.53 bits per heavy atom. The molecule has 17 heavy (non-hydrogen) atoms. The highest BCUT2D eigenvalue weighted by atomic mass is 16.3. The number of rotatable bonds is 4. The molecule has 1 rings (SSSR count). The summed E-state index contributed by atoms with van der Waals surface area (Å²) in [5, 5.41) is 19.1. The standard InChI is InChI=1S/C13H19NO3/c1-4-14(9-13(2,3)17)12(16)10-6-5-7-11(15)8-10/h5-8,15,17H,4,9H2,1-3H3. The highest BCUT2D eigenvalue weighted by Gasteiger charge is 2.22. The fourth-order valence-electron chi connectivity index (χ4n) is 1.62. The molecule has 0 saturated heterocycles. The molecule has 0 aliphatic rings. The molecule has 4 nitrogen and oxygen atoms in total. The number of hydrogen-bond acceptors (Lipinski definition) is 3. The smallest absolute Gasteiger partial charge is 0.254 e. The summed E-state index contributed by atoms with van der Waals surface area (Å²) in [7, 11) is 0. The minimum absolute atomic E-state index is 0.0650. The number of carbonyl (C=O) groups is 1. The summed E-state index contributed by atoms with van der Waals surface area (Å²) < 4.78 is 0. The summed E-state index contributed by atoms with van der Waals surface area (Å²) in [6.07, 6.45) is 0. The maximum absolute atomic E-state index is 12.1. The number of aliphatic hydroxyl groups is 1. The van der Waals surface area contributed by atoms with Gasteiger partial charge in [-0.2, -0.15) is 0 Å². The topological polar surface area (TPSA) is 60.8 Å². The molecule has 0 saturated carbocycles. The van der Waals surface area contributed by atoms with Crippen molar-refractivity contribution in [3.63, 3.8) is 0 Å². The molecule has 0 spiro atoms. The van der Waals surface area contributed by atoms with Crippen molar-refractivity contribution < 1.29 is 15.0 Å². The Morgan fingerprint density at radius 1 is 1.41 bits per heavy atom. The monoisotopic (exact) mass is 237 g/mol. The Morgan fingerprint density at radius 2 is 2.06 bits per heavy atom. The second-order valence-electron chi connectivity index (χ2n) is 4.68. The normalized spacial score (nSPS) is 11.3. The third kappa shape index (κ3) is 4.07. The third-order valence-electron chi connectivity index (χ3n) is 2.34. The molecule has 0 aliphatic carbocycles.